The lowest BCUT2D eigenvalue weighted by Gasteiger charge is -2.20. The highest BCUT2D eigenvalue weighted by Gasteiger charge is 2.30. The molecular weight excluding hydrogens is 262 g/mol. The summed E-state index contributed by atoms with van der Waals surface area (Å²) >= 11 is 0. The van der Waals surface area contributed by atoms with Gasteiger partial charge in [0, 0.05) is 31.0 Å². The zero-order valence-corrected chi connectivity index (χ0v) is 12.0. The van der Waals surface area contributed by atoms with Gasteiger partial charge in [-0.05, 0) is 25.0 Å². The van der Waals surface area contributed by atoms with Crippen molar-refractivity contribution in [2.24, 2.45) is 0 Å². The molecule has 1 fully saturated rings. The van der Waals surface area contributed by atoms with Gasteiger partial charge in [-0.25, -0.2) is 9.97 Å². The van der Waals surface area contributed by atoms with Gasteiger partial charge in [0.1, 0.15) is 12.4 Å². The smallest absolute Gasteiger partial charge is 0.166 e. The van der Waals surface area contributed by atoms with Crippen LogP contribution >= 0.6 is 0 Å². The number of aromatic nitrogens is 2. The van der Waals surface area contributed by atoms with Gasteiger partial charge in [0.2, 0.25) is 0 Å². The van der Waals surface area contributed by atoms with E-state index in [2.05, 4.69) is 5.32 Å². The summed E-state index contributed by atoms with van der Waals surface area (Å²) in [7, 11) is 0. The second kappa shape index (κ2) is 5.45. The molecule has 108 valence electrons. The Morgan fingerprint density at radius 3 is 2.81 bits per heavy atom. The molecule has 1 saturated carbocycles. The fourth-order valence-corrected chi connectivity index (χ4v) is 2.85. The first-order chi connectivity index (χ1) is 10.4. The van der Waals surface area contributed by atoms with E-state index in [1.54, 1.807) is 0 Å². The minimum absolute atomic E-state index is 0.449. The molecule has 0 unspecified atom stereocenters. The van der Waals surface area contributed by atoms with Crippen molar-refractivity contribution in [3.8, 4) is 5.75 Å². The van der Waals surface area contributed by atoms with Gasteiger partial charge in [0.05, 0.1) is 11.4 Å². The molecule has 1 aliphatic heterocycles. The number of hydrogen-bond donors (Lipinski definition) is 1. The van der Waals surface area contributed by atoms with E-state index in [4.69, 9.17) is 14.7 Å². The first-order valence-electron chi connectivity index (χ1n) is 7.67. The summed E-state index contributed by atoms with van der Waals surface area (Å²) in [6, 6.07) is 9.86. The Labute approximate surface area is 124 Å². The second-order valence-corrected chi connectivity index (χ2v) is 5.75. The predicted octanol–water partition coefficient (Wildman–Crippen LogP) is 2.58. The third kappa shape index (κ3) is 2.76. The molecule has 4 nitrogen and oxygen atoms in total. The minimum atomic E-state index is 0.449. The number of nitrogens with zero attached hydrogens (tertiary/aromatic N) is 2. The Bertz CT molecular complexity index is 638. The molecule has 0 spiro atoms. The molecule has 0 radical (unpaired) electrons. The Morgan fingerprint density at radius 2 is 2.00 bits per heavy atom. The van der Waals surface area contributed by atoms with Crippen LogP contribution in [0.5, 0.6) is 5.75 Å². The molecule has 1 aromatic carbocycles. The Balaban J connectivity index is 1.58. The van der Waals surface area contributed by atoms with Crippen LogP contribution in [0.25, 0.3) is 0 Å². The molecule has 0 bridgehead atoms. The molecule has 0 amide bonds. The van der Waals surface area contributed by atoms with Crippen molar-refractivity contribution in [2.75, 3.05) is 6.54 Å². The number of rotatable bonds is 4. The second-order valence-electron chi connectivity index (χ2n) is 5.75. The highest BCUT2D eigenvalue weighted by atomic mass is 16.5. The van der Waals surface area contributed by atoms with Crippen LogP contribution in [0.1, 0.15) is 41.5 Å². The fraction of sp³-hybridized carbons (Fsp3) is 0.412. The summed E-state index contributed by atoms with van der Waals surface area (Å²) in [5.41, 5.74) is 3.82. The van der Waals surface area contributed by atoms with Crippen molar-refractivity contribution in [3.05, 3.63) is 53.1 Å². The minimum Gasteiger partial charge on any atom is -0.486 e. The molecule has 1 aromatic heterocycles. The van der Waals surface area contributed by atoms with E-state index >= 15 is 0 Å². The normalized spacial score (nSPS) is 17.3. The van der Waals surface area contributed by atoms with Gasteiger partial charge < -0.3 is 10.1 Å². The van der Waals surface area contributed by atoms with Crippen LogP contribution in [0.3, 0.4) is 0 Å². The SMILES string of the molecule is c1ccc(OCc2nc3c(c(C4CC4)n2)CNCC3)cc1. The summed E-state index contributed by atoms with van der Waals surface area (Å²) < 4.78 is 5.80. The third-order valence-corrected chi connectivity index (χ3v) is 4.09. The predicted molar refractivity (Wildman–Crippen MR) is 80.2 cm³/mol. The van der Waals surface area contributed by atoms with Gasteiger partial charge in [-0.15, -0.1) is 0 Å². The van der Waals surface area contributed by atoms with E-state index in [9.17, 15) is 0 Å². The maximum atomic E-state index is 5.80. The molecule has 1 N–H and O–H groups in total. The van der Waals surface area contributed by atoms with Crippen LogP contribution in [0.15, 0.2) is 30.3 Å². The molecule has 4 rings (SSSR count). The van der Waals surface area contributed by atoms with Gasteiger partial charge in [0.25, 0.3) is 0 Å². The zero-order chi connectivity index (χ0) is 14.1. The quantitative estimate of drug-likeness (QED) is 0.935. The van der Waals surface area contributed by atoms with Gasteiger partial charge in [-0.1, -0.05) is 18.2 Å². The first-order valence-corrected chi connectivity index (χ1v) is 7.67. The Morgan fingerprint density at radius 1 is 1.14 bits per heavy atom. The van der Waals surface area contributed by atoms with E-state index in [-0.39, 0.29) is 0 Å². The monoisotopic (exact) mass is 281 g/mol. The van der Waals surface area contributed by atoms with Crippen molar-refractivity contribution in [1.29, 1.82) is 0 Å². The van der Waals surface area contributed by atoms with Crippen LogP contribution < -0.4 is 10.1 Å². The molecular formula is C17H19N3O. The van der Waals surface area contributed by atoms with Crippen LogP contribution in [0.2, 0.25) is 0 Å². The summed E-state index contributed by atoms with van der Waals surface area (Å²) in [5.74, 6) is 2.34. The van der Waals surface area contributed by atoms with Gasteiger partial charge in [-0.2, -0.15) is 0 Å². The lowest BCUT2D eigenvalue weighted by Crippen LogP contribution is -2.27. The molecule has 0 atom stereocenters. The number of ether oxygens (including phenoxy) is 1. The molecule has 4 heteroatoms. The van der Waals surface area contributed by atoms with E-state index < -0.39 is 0 Å². The van der Waals surface area contributed by atoms with Gasteiger partial charge in [0.15, 0.2) is 5.82 Å². The van der Waals surface area contributed by atoms with E-state index in [1.165, 1.54) is 29.8 Å². The number of benzene rings is 1. The summed E-state index contributed by atoms with van der Waals surface area (Å²) in [6.45, 7) is 2.37. The number of para-hydroxylation sites is 1. The van der Waals surface area contributed by atoms with E-state index in [0.717, 1.165) is 31.1 Å². The molecule has 2 heterocycles. The van der Waals surface area contributed by atoms with Crippen molar-refractivity contribution >= 4 is 0 Å². The molecule has 2 aliphatic rings. The lowest BCUT2D eigenvalue weighted by molar-refractivity contribution is 0.294. The maximum Gasteiger partial charge on any atom is 0.166 e. The van der Waals surface area contributed by atoms with Gasteiger partial charge in [-0.3, -0.25) is 0 Å². The van der Waals surface area contributed by atoms with E-state index in [0.29, 0.717) is 12.5 Å². The summed E-state index contributed by atoms with van der Waals surface area (Å²) in [4.78, 5) is 9.51. The highest BCUT2D eigenvalue weighted by Crippen LogP contribution is 2.41. The molecule has 21 heavy (non-hydrogen) atoms. The first kappa shape index (κ1) is 12.8. The zero-order valence-electron chi connectivity index (χ0n) is 12.0. The van der Waals surface area contributed by atoms with Crippen LogP contribution in [-0.2, 0) is 19.6 Å². The van der Waals surface area contributed by atoms with Crippen LogP contribution in [0, 0.1) is 0 Å². The van der Waals surface area contributed by atoms with E-state index in [1.807, 2.05) is 30.3 Å². The standard InChI is InChI=1S/C17H19N3O/c1-2-4-13(5-3-1)21-11-16-19-15-8-9-18-10-14(15)17(20-16)12-6-7-12/h1-5,12,18H,6-11H2. The topological polar surface area (TPSA) is 47.0 Å². The van der Waals surface area contributed by atoms with Crippen LogP contribution in [-0.4, -0.2) is 16.5 Å². The molecule has 0 saturated heterocycles. The van der Waals surface area contributed by atoms with Crippen LogP contribution in [0.4, 0.5) is 0 Å². The number of fused-ring (bicyclic) bond motifs is 1. The fourth-order valence-electron chi connectivity index (χ4n) is 2.85. The number of hydrogen-bond acceptors (Lipinski definition) is 4. The Hall–Kier alpha value is -1.94. The average molecular weight is 281 g/mol. The Kier molecular flexibility index (Phi) is 3.31. The summed E-state index contributed by atoms with van der Waals surface area (Å²) in [5, 5.41) is 3.43. The van der Waals surface area contributed by atoms with Crippen molar-refractivity contribution < 1.29 is 4.74 Å². The van der Waals surface area contributed by atoms with Crippen molar-refractivity contribution in [1.82, 2.24) is 15.3 Å². The molecule has 2 aromatic rings. The van der Waals surface area contributed by atoms with Crippen molar-refractivity contribution in [3.63, 3.8) is 0 Å². The third-order valence-electron chi connectivity index (χ3n) is 4.09. The highest BCUT2D eigenvalue weighted by molar-refractivity contribution is 5.33. The maximum absolute atomic E-state index is 5.80. The van der Waals surface area contributed by atoms with Crippen molar-refractivity contribution in [2.45, 2.75) is 38.3 Å². The average Bonchev–Trinajstić information content (AvgIpc) is 3.38. The summed E-state index contributed by atoms with van der Waals surface area (Å²) in [6.07, 6.45) is 3.53. The molecule has 1 aliphatic carbocycles. The largest absolute Gasteiger partial charge is 0.486 e. The number of nitrogens with one attached hydrogen (secondary N) is 1. The lowest BCUT2D eigenvalue weighted by atomic mass is 10.0. The van der Waals surface area contributed by atoms with Gasteiger partial charge >= 0.3 is 0 Å².